The Labute approximate surface area is 122 Å². The van der Waals surface area contributed by atoms with E-state index in [-0.39, 0.29) is 12.1 Å². The maximum Gasteiger partial charge on any atom is 0.348 e. The Kier molecular flexibility index (Phi) is 3.94. The zero-order valence-corrected chi connectivity index (χ0v) is 11.7. The van der Waals surface area contributed by atoms with Crippen LogP contribution in [0.2, 0.25) is 0 Å². The van der Waals surface area contributed by atoms with Crippen molar-refractivity contribution in [2.24, 2.45) is 0 Å². The Balaban J connectivity index is 2.07. The van der Waals surface area contributed by atoms with Crippen molar-refractivity contribution in [1.82, 2.24) is 0 Å². The van der Waals surface area contributed by atoms with Crippen molar-refractivity contribution in [3.8, 4) is 6.07 Å². The van der Waals surface area contributed by atoms with Crippen LogP contribution in [0.3, 0.4) is 0 Å². The number of esters is 2. The number of benzene rings is 1. The first-order valence-electron chi connectivity index (χ1n) is 6.33. The monoisotopic (exact) mass is 286 g/mol. The molecule has 1 aliphatic rings. The molecule has 1 aliphatic heterocycles. The second-order valence-corrected chi connectivity index (χ2v) is 4.83. The average Bonchev–Trinajstić information content (AvgIpc) is 2.41. The van der Waals surface area contributed by atoms with Crippen LogP contribution in [0.5, 0.6) is 0 Å². The predicted molar refractivity (Wildman–Crippen MR) is 74.0 cm³/mol. The van der Waals surface area contributed by atoms with E-state index in [0.29, 0.717) is 11.3 Å². The maximum atomic E-state index is 11.7. The molecule has 1 aromatic carbocycles. The summed E-state index contributed by atoms with van der Waals surface area (Å²) in [7, 11) is 0. The molecule has 108 valence electrons. The maximum absolute atomic E-state index is 11.7. The standard InChI is InChI=1S/C15H14N2O4/c1-15(2)20-13(18)11(14(19)21-15)7-8-17-12-6-4-3-5-10(12)9-16/h3-7,17H,8H2,1-2H3. The number of rotatable bonds is 3. The van der Waals surface area contributed by atoms with Crippen molar-refractivity contribution in [3.05, 3.63) is 41.5 Å². The minimum Gasteiger partial charge on any atom is -0.419 e. The van der Waals surface area contributed by atoms with Gasteiger partial charge in [0.1, 0.15) is 11.6 Å². The largest absolute Gasteiger partial charge is 0.419 e. The number of anilines is 1. The number of carbonyl (C=O) groups is 2. The van der Waals surface area contributed by atoms with Gasteiger partial charge in [-0.1, -0.05) is 12.1 Å². The number of nitriles is 1. The van der Waals surface area contributed by atoms with Gasteiger partial charge in [0.2, 0.25) is 0 Å². The van der Waals surface area contributed by atoms with Crippen LogP contribution in [0.25, 0.3) is 0 Å². The van der Waals surface area contributed by atoms with Crippen LogP contribution in [0.15, 0.2) is 35.9 Å². The van der Waals surface area contributed by atoms with Crippen molar-refractivity contribution in [2.45, 2.75) is 19.6 Å². The lowest BCUT2D eigenvalue weighted by Gasteiger charge is -2.29. The zero-order chi connectivity index (χ0) is 15.5. The van der Waals surface area contributed by atoms with Crippen LogP contribution in [0.1, 0.15) is 19.4 Å². The molecule has 1 fully saturated rings. The fourth-order valence-electron chi connectivity index (χ4n) is 1.83. The summed E-state index contributed by atoms with van der Waals surface area (Å²) in [6.45, 7) is 3.17. The highest BCUT2D eigenvalue weighted by Crippen LogP contribution is 2.22. The fraction of sp³-hybridized carbons (Fsp3) is 0.267. The predicted octanol–water partition coefficient (Wildman–Crippen LogP) is 1.73. The summed E-state index contributed by atoms with van der Waals surface area (Å²) in [4.78, 5) is 23.4. The quantitative estimate of drug-likeness (QED) is 0.517. The number of para-hydroxylation sites is 1. The first kappa shape index (κ1) is 14.6. The molecule has 2 rings (SSSR count). The van der Waals surface area contributed by atoms with Gasteiger partial charge in [0.05, 0.1) is 11.3 Å². The Morgan fingerprint density at radius 1 is 1.24 bits per heavy atom. The van der Waals surface area contributed by atoms with E-state index < -0.39 is 17.7 Å². The molecular formula is C15H14N2O4. The summed E-state index contributed by atoms with van der Waals surface area (Å²) in [6.07, 6.45) is 1.38. The van der Waals surface area contributed by atoms with E-state index in [9.17, 15) is 9.59 Å². The van der Waals surface area contributed by atoms with E-state index in [1.54, 1.807) is 24.3 Å². The molecule has 6 heteroatoms. The van der Waals surface area contributed by atoms with Crippen LogP contribution in [0, 0.1) is 11.3 Å². The minimum absolute atomic E-state index is 0.156. The van der Waals surface area contributed by atoms with Gasteiger partial charge in [-0.2, -0.15) is 5.26 Å². The first-order valence-corrected chi connectivity index (χ1v) is 6.33. The summed E-state index contributed by atoms with van der Waals surface area (Å²) in [5.74, 6) is -2.68. The minimum atomic E-state index is -1.24. The molecule has 0 aliphatic carbocycles. The molecule has 1 saturated heterocycles. The van der Waals surface area contributed by atoms with E-state index in [0.717, 1.165) is 0 Å². The Bertz CT molecular complexity index is 634. The second-order valence-electron chi connectivity index (χ2n) is 4.83. The summed E-state index contributed by atoms with van der Waals surface area (Å²) in [6, 6.07) is 8.98. The van der Waals surface area contributed by atoms with Crippen LogP contribution in [-0.2, 0) is 19.1 Å². The topological polar surface area (TPSA) is 88.4 Å². The number of ether oxygens (including phenoxy) is 2. The Morgan fingerprint density at radius 2 is 1.86 bits per heavy atom. The molecule has 0 unspecified atom stereocenters. The van der Waals surface area contributed by atoms with Crippen molar-refractivity contribution in [3.63, 3.8) is 0 Å². The van der Waals surface area contributed by atoms with Gasteiger partial charge in [0.25, 0.3) is 5.79 Å². The molecule has 1 heterocycles. The number of hydrogen-bond donors (Lipinski definition) is 1. The number of nitrogens with one attached hydrogen (secondary N) is 1. The van der Waals surface area contributed by atoms with Crippen molar-refractivity contribution < 1.29 is 19.1 Å². The first-order chi connectivity index (χ1) is 9.93. The highest BCUT2D eigenvalue weighted by molar-refractivity contribution is 6.15. The zero-order valence-electron chi connectivity index (χ0n) is 11.7. The third-order valence-electron chi connectivity index (χ3n) is 2.76. The highest BCUT2D eigenvalue weighted by Gasteiger charge is 2.38. The van der Waals surface area contributed by atoms with Crippen molar-refractivity contribution in [1.29, 1.82) is 5.26 Å². The van der Waals surface area contributed by atoms with E-state index >= 15 is 0 Å². The van der Waals surface area contributed by atoms with Crippen LogP contribution in [0.4, 0.5) is 5.69 Å². The molecule has 1 N–H and O–H groups in total. The van der Waals surface area contributed by atoms with Gasteiger partial charge in [0.15, 0.2) is 0 Å². The molecule has 0 saturated carbocycles. The highest BCUT2D eigenvalue weighted by atomic mass is 16.7. The van der Waals surface area contributed by atoms with Gasteiger partial charge < -0.3 is 14.8 Å². The molecule has 6 nitrogen and oxygen atoms in total. The molecule has 0 radical (unpaired) electrons. The van der Waals surface area contributed by atoms with Gasteiger partial charge >= 0.3 is 11.9 Å². The number of hydrogen-bond acceptors (Lipinski definition) is 6. The second kappa shape index (κ2) is 5.67. The molecule has 0 atom stereocenters. The number of cyclic esters (lactones) is 2. The Morgan fingerprint density at radius 3 is 2.48 bits per heavy atom. The Hall–Kier alpha value is -2.81. The molecule has 0 aromatic heterocycles. The third-order valence-corrected chi connectivity index (χ3v) is 2.76. The molecular weight excluding hydrogens is 272 g/mol. The van der Waals surface area contributed by atoms with Crippen LogP contribution < -0.4 is 5.32 Å². The summed E-state index contributed by atoms with van der Waals surface area (Å²) >= 11 is 0. The van der Waals surface area contributed by atoms with Gasteiger partial charge in [-0.3, -0.25) is 0 Å². The molecule has 0 bridgehead atoms. The smallest absolute Gasteiger partial charge is 0.348 e. The van der Waals surface area contributed by atoms with Crippen molar-refractivity contribution in [2.75, 3.05) is 11.9 Å². The number of carbonyl (C=O) groups excluding carboxylic acids is 2. The van der Waals surface area contributed by atoms with Gasteiger partial charge in [0, 0.05) is 20.4 Å². The SMILES string of the molecule is CC1(C)OC(=O)C(=CCNc2ccccc2C#N)C(=O)O1. The molecule has 1 aromatic rings. The summed E-state index contributed by atoms with van der Waals surface area (Å²) in [5.41, 5.74) is 0.941. The van der Waals surface area contributed by atoms with Gasteiger partial charge in [-0.25, -0.2) is 9.59 Å². The lowest BCUT2D eigenvalue weighted by molar-refractivity contribution is -0.222. The average molecular weight is 286 g/mol. The summed E-state index contributed by atoms with van der Waals surface area (Å²) < 4.78 is 9.95. The lowest BCUT2D eigenvalue weighted by atomic mass is 10.2. The van der Waals surface area contributed by atoms with Crippen molar-refractivity contribution >= 4 is 17.6 Å². The number of nitrogens with zero attached hydrogens (tertiary/aromatic N) is 1. The fourth-order valence-corrected chi connectivity index (χ4v) is 1.83. The summed E-state index contributed by atoms with van der Waals surface area (Å²) in [5, 5.41) is 11.9. The molecule has 0 amide bonds. The van der Waals surface area contributed by atoms with E-state index in [1.165, 1.54) is 19.9 Å². The van der Waals surface area contributed by atoms with E-state index in [2.05, 4.69) is 5.32 Å². The third kappa shape index (κ3) is 3.39. The molecule has 0 spiro atoms. The van der Waals surface area contributed by atoms with E-state index in [1.807, 2.05) is 6.07 Å². The molecule has 21 heavy (non-hydrogen) atoms. The van der Waals surface area contributed by atoms with E-state index in [4.69, 9.17) is 14.7 Å². The normalized spacial score (nSPS) is 16.5. The van der Waals surface area contributed by atoms with Crippen LogP contribution >= 0.6 is 0 Å². The van der Waals surface area contributed by atoms with Crippen LogP contribution in [-0.4, -0.2) is 24.3 Å². The van der Waals surface area contributed by atoms with Gasteiger partial charge in [-0.05, 0) is 18.2 Å². The lowest BCUT2D eigenvalue weighted by Crippen LogP contribution is -2.42. The van der Waals surface area contributed by atoms with Gasteiger partial charge in [-0.15, -0.1) is 0 Å².